The third-order valence-corrected chi connectivity index (χ3v) is 2.66. The lowest BCUT2D eigenvalue weighted by molar-refractivity contribution is 0.147. The molecule has 1 aromatic rings. The van der Waals surface area contributed by atoms with Crippen molar-refractivity contribution in [1.82, 2.24) is 15.1 Å². The topological polar surface area (TPSA) is 59.3 Å². The first-order chi connectivity index (χ1) is 8.31. The molecular weight excluding hydrogens is 218 g/mol. The molecule has 0 bridgehead atoms. The van der Waals surface area contributed by atoms with Crippen LogP contribution in [-0.4, -0.2) is 41.3 Å². The quantitative estimate of drug-likeness (QED) is 0.671. The smallest absolute Gasteiger partial charge is 0.0616 e. The van der Waals surface area contributed by atoms with E-state index in [4.69, 9.17) is 9.84 Å². The average Bonchev–Trinajstić information content (AvgIpc) is 2.75. The molecule has 0 aliphatic carbocycles. The van der Waals surface area contributed by atoms with Crippen LogP contribution in [0, 0.1) is 0 Å². The molecule has 2 N–H and O–H groups in total. The number of aromatic nitrogens is 2. The lowest BCUT2D eigenvalue weighted by atomic mass is 10.2. The van der Waals surface area contributed by atoms with Crippen molar-refractivity contribution in [3.05, 3.63) is 18.0 Å². The summed E-state index contributed by atoms with van der Waals surface area (Å²) in [6, 6.07) is 2.21. The van der Waals surface area contributed by atoms with E-state index < -0.39 is 0 Å². The average molecular weight is 241 g/mol. The van der Waals surface area contributed by atoms with E-state index in [-0.39, 0.29) is 12.6 Å². The van der Waals surface area contributed by atoms with Gasteiger partial charge in [-0.25, -0.2) is 0 Å². The third-order valence-electron chi connectivity index (χ3n) is 2.66. The van der Waals surface area contributed by atoms with E-state index >= 15 is 0 Å². The molecule has 5 nitrogen and oxygen atoms in total. The number of rotatable bonds is 9. The van der Waals surface area contributed by atoms with Crippen LogP contribution in [0.1, 0.15) is 25.5 Å². The van der Waals surface area contributed by atoms with Crippen LogP contribution in [0.25, 0.3) is 0 Å². The molecule has 0 aliphatic rings. The van der Waals surface area contributed by atoms with Gasteiger partial charge in [0.15, 0.2) is 0 Å². The van der Waals surface area contributed by atoms with Gasteiger partial charge in [-0.3, -0.25) is 4.68 Å². The number of aryl methyl sites for hydroxylation is 1. The van der Waals surface area contributed by atoms with Gasteiger partial charge in [-0.15, -0.1) is 0 Å². The monoisotopic (exact) mass is 241 g/mol. The van der Waals surface area contributed by atoms with Gasteiger partial charge in [-0.1, -0.05) is 6.92 Å². The SMILES string of the molecule is CCCn1nccc1CNC(CCO)COC. The molecule has 0 saturated carbocycles. The van der Waals surface area contributed by atoms with Crippen LogP contribution >= 0.6 is 0 Å². The maximum Gasteiger partial charge on any atom is 0.0616 e. The van der Waals surface area contributed by atoms with Crippen molar-refractivity contribution in [1.29, 1.82) is 0 Å². The predicted molar refractivity (Wildman–Crippen MR) is 66.7 cm³/mol. The van der Waals surface area contributed by atoms with E-state index in [9.17, 15) is 0 Å². The van der Waals surface area contributed by atoms with E-state index in [0.29, 0.717) is 13.0 Å². The van der Waals surface area contributed by atoms with Gasteiger partial charge >= 0.3 is 0 Å². The van der Waals surface area contributed by atoms with Gasteiger partial charge in [0, 0.05) is 39.0 Å². The van der Waals surface area contributed by atoms with E-state index in [1.54, 1.807) is 7.11 Å². The Bertz CT molecular complexity index is 296. The molecular formula is C12H23N3O2. The van der Waals surface area contributed by atoms with Crippen LogP contribution in [0.5, 0.6) is 0 Å². The third kappa shape index (κ3) is 4.85. The molecule has 0 aromatic carbocycles. The van der Waals surface area contributed by atoms with Crippen molar-refractivity contribution in [3.63, 3.8) is 0 Å². The van der Waals surface area contributed by atoms with E-state index in [0.717, 1.165) is 19.5 Å². The van der Waals surface area contributed by atoms with Gasteiger partial charge in [-0.2, -0.15) is 5.10 Å². The first-order valence-electron chi connectivity index (χ1n) is 6.15. The number of aliphatic hydroxyl groups excluding tert-OH is 1. The maximum atomic E-state index is 8.95. The Kier molecular flexibility index (Phi) is 6.84. The van der Waals surface area contributed by atoms with Crippen LogP contribution in [0.15, 0.2) is 12.3 Å². The minimum atomic E-state index is 0.176. The highest BCUT2D eigenvalue weighted by atomic mass is 16.5. The summed E-state index contributed by atoms with van der Waals surface area (Å²) in [5.41, 5.74) is 1.17. The van der Waals surface area contributed by atoms with Gasteiger partial charge in [0.05, 0.1) is 12.3 Å². The summed E-state index contributed by atoms with van der Waals surface area (Å²) in [6.45, 7) is 4.63. The fourth-order valence-corrected chi connectivity index (χ4v) is 1.77. The van der Waals surface area contributed by atoms with Gasteiger partial charge in [0.2, 0.25) is 0 Å². The molecule has 5 heteroatoms. The zero-order valence-electron chi connectivity index (χ0n) is 10.7. The van der Waals surface area contributed by atoms with Crippen molar-refractivity contribution >= 4 is 0 Å². The number of nitrogens with one attached hydrogen (secondary N) is 1. The van der Waals surface area contributed by atoms with Gasteiger partial charge in [-0.05, 0) is 18.9 Å². The summed E-state index contributed by atoms with van der Waals surface area (Å²) in [4.78, 5) is 0. The Morgan fingerprint density at radius 1 is 1.59 bits per heavy atom. The van der Waals surface area contributed by atoms with E-state index in [1.165, 1.54) is 5.69 Å². The Labute approximate surface area is 103 Å². The molecule has 1 heterocycles. The number of aliphatic hydroxyl groups is 1. The summed E-state index contributed by atoms with van der Waals surface area (Å²) in [6.07, 6.45) is 3.60. The standard InChI is InChI=1S/C12H23N3O2/c1-3-7-15-12(4-6-14-15)9-13-11(5-8-16)10-17-2/h4,6,11,13,16H,3,5,7-10H2,1-2H3. The second-order valence-electron chi connectivity index (χ2n) is 4.09. The molecule has 0 aliphatic heterocycles. The second-order valence-corrected chi connectivity index (χ2v) is 4.09. The van der Waals surface area contributed by atoms with E-state index in [1.807, 2.05) is 16.9 Å². The normalized spacial score (nSPS) is 12.9. The Morgan fingerprint density at radius 3 is 3.06 bits per heavy atom. The van der Waals surface area contributed by atoms with Gasteiger partial charge in [0.25, 0.3) is 0 Å². The second kappa shape index (κ2) is 8.22. The Balaban J connectivity index is 2.43. The minimum Gasteiger partial charge on any atom is -0.396 e. The van der Waals surface area contributed by atoms with Gasteiger partial charge in [0.1, 0.15) is 0 Å². The Hall–Kier alpha value is -0.910. The first-order valence-corrected chi connectivity index (χ1v) is 6.15. The van der Waals surface area contributed by atoms with Crippen LogP contribution in [-0.2, 0) is 17.8 Å². The van der Waals surface area contributed by atoms with E-state index in [2.05, 4.69) is 17.3 Å². The highest BCUT2D eigenvalue weighted by Crippen LogP contribution is 2.02. The fraction of sp³-hybridized carbons (Fsp3) is 0.750. The molecule has 0 radical (unpaired) electrons. The van der Waals surface area contributed by atoms with Crippen molar-refractivity contribution in [3.8, 4) is 0 Å². The van der Waals surface area contributed by atoms with Crippen molar-refractivity contribution < 1.29 is 9.84 Å². The Morgan fingerprint density at radius 2 is 2.41 bits per heavy atom. The number of hydrogen-bond donors (Lipinski definition) is 2. The molecule has 0 spiro atoms. The first kappa shape index (κ1) is 14.2. The number of hydrogen-bond acceptors (Lipinski definition) is 4. The molecule has 1 unspecified atom stereocenters. The molecule has 1 atom stereocenters. The number of nitrogens with zero attached hydrogens (tertiary/aromatic N) is 2. The summed E-state index contributed by atoms with van der Waals surface area (Å²) >= 11 is 0. The summed E-state index contributed by atoms with van der Waals surface area (Å²) in [7, 11) is 1.67. The molecule has 17 heavy (non-hydrogen) atoms. The number of methoxy groups -OCH3 is 1. The van der Waals surface area contributed by atoms with Crippen LogP contribution < -0.4 is 5.32 Å². The molecule has 0 fully saturated rings. The van der Waals surface area contributed by atoms with Crippen molar-refractivity contribution in [2.24, 2.45) is 0 Å². The zero-order chi connectivity index (χ0) is 12.5. The molecule has 0 saturated heterocycles. The minimum absolute atomic E-state index is 0.176. The van der Waals surface area contributed by atoms with Crippen molar-refractivity contribution in [2.45, 2.75) is 38.9 Å². The predicted octanol–water partition coefficient (Wildman–Crippen LogP) is 0.780. The maximum absolute atomic E-state index is 8.95. The highest BCUT2D eigenvalue weighted by Gasteiger charge is 2.08. The molecule has 98 valence electrons. The summed E-state index contributed by atoms with van der Waals surface area (Å²) in [5, 5.41) is 16.6. The van der Waals surface area contributed by atoms with Crippen molar-refractivity contribution in [2.75, 3.05) is 20.3 Å². The molecule has 1 rings (SSSR count). The van der Waals surface area contributed by atoms with Gasteiger partial charge < -0.3 is 15.2 Å². The molecule has 0 amide bonds. The summed E-state index contributed by atoms with van der Waals surface area (Å²) in [5.74, 6) is 0. The van der Waals surface area contributed by atoms with Crippen LogP contribution in [0.2, 0.25) is 0 Å². The highest BCUT2D eigenvalue weighted by molar-refractivity contribution is 5.00. The molecule has 1 aromatic heterocycles. The van der Waals surface area contributed by atoms with Crippen LogP contribution in [0.3, 0.4) is 0 Å². The fourth-order valence-electron chi connectivity index (χ4n) is 1.77. The lowest BCUT2D eigenvalue weighted by Crippen LogP contribution is -2.34. The lowest BCUT2D eigenvalue weighted by Gasteiger charge is -2.17. The van der Waals surface area contributed by atoms with Crippen LogP contribution in [0.4, 0.5) is 0 Å². The summed E-state index contributed by atoms with van der Waals surface area (Å²) < 4.78 is 7.12. The zero-order valence-corrected chi connectivity index (χ0v) is 10.7. The largest absolute Gasteiger partial charge is 0.396 e. The number of ether oxygens (including phenoxy) is 1.